The van der Waals surface area contributed by atoms with Crippen LogP contribution in [-0.2, 0) is 9.53 Å². The van der Waals surface area contributed by atoms with E-state index in [1.165, 1.54) is 4.90 Å². The van der Waals surface area contributed by atoms with E-state index < -0.39 is 11.6 Å². The predicted molar refractivity (Wildman–Crippen MR) is 48.9 cm³/mol. The molecule has 5 heteroatoms. The topological polar surface area (TPSA) is 49.9 Å². The lowest BCUT2D eigenvalue weighted by atomic mass is 9.87. The molecule has 0 N–H and O–H groups in total. The maximum absolute atomic E-state index is 11.3. The molecular formula is C9H14N2O3. The zero-order chi connectivity index (χ0) is 10.3. The van der Waals surface area contributed by atoms with Gasteiger partial charge in [0.25, 0.3) is 0 Å². The lowest BCUT2D eigenvalue weighted by molar-refractivity contribution is -0.120. The molecule has 2 heterocycles. The first-order valence-corrected chi connectivity index (χ1v) is 4.69. The molecule has 2 aliphatic heterocycles. The van der Waals surface area contributed by atoms with Gasteiger partial charge < -0.3 is 14.4 Å². The molecule has 0 aliphatic carbocycles. The Bertz CT molecular complexity index is 281. The van der Waals surface area contributed by atoms with Gasteiger partial charge in [0.2, 0.25) is 0 Å². The SMILES string of the molecule is CN1CCC2OC(=O)N(C)C2(C=O)C1. The van der Waals surface area contributed by atoms with Gasteiger partial charge >= 0.3 is 6.09 Å². The van der Waals surface area contributed by atoms with Crippen LogP contribution >= 0.6 is 0 Å². The van der Waals surface area contributed by atoms with E-state index in [0.717, 1.165) is 19.3 Å². The van der Waals surface area contributed by atoms with Crippen molar-refractivity contribution < 1.29 is 14.3 Å². The molecule has 0 aromatic rings. The number of fused-ring (bicyclic) bond motifs is 1. The normalized spacial score (nSPS) is 38.0. The van der Waals surface area contributed by atoms with Crippen molar-refractivity contribution in [3.05, 3.63) is 0 Å². The van der Waals surface area contributed by atoms with Crippen LogP contribution in [0.4, 0.5) is 4.79 Å². The average Bonchev–Trinajstić information content (AvgIpc) is 2.42. The van der Waals surface area contributed by atoms with E-state index in [2.05, 4.69) is 0 Å². The smallest absolute Gasteiger partial charge is 0.410 e. The lowest BCUT2D eigenvalue weighted by Gasteiger charge is -2.39. The van der Waals surface area contributed by atoms with Crippen LogP contribution in [0.3, 0.4) is 0 Å². The summed E-state index contributed by atoms with van der Waals surface area (Å²) in [6, 6.07) is 0. The zero-order valence-electron chi connectivity index (χ0n) is 8.40. The Morgan fingerprint density at radius 3 is 2.93 bits per heavy atom. The number of hydrogen-bond donors (Lipinski definition) is 0. The molecule has 0 spiro atoms. The number of piperidine rings is 1. The van der Waals surface area contributed by atoms with Crippen LogP contribution in [0.15, 0.2) is 0 Å². The van der Waals surface area contributed by atoms with Crippen molar-refractivity contribution in [1.29, 1.82) is 0 Å². The quantitative estimate of drug-likeness (QED) is 0.543. The number of likely N-dealkylation sites (tertiary alicyclic amines) is 1. The van der Waals surface area contributed by atoms with Gasteiger partial charge in [0, 0.05) is 26.6 Å². The van der Waals surface area contributed by atoms with Gasteiger partial charge in [-0.3, -0.25) is 4.90 Å². The Kier molecular flexibility index (Phi) is 1.99. The number of carbonyl (C=O) groups is 2. The van der Waals surface area contributed by atoms with Crippen LogP contribution in [0.2, 0.25) is 0 Å². The highest BCUT2D eigenvalue weighted by molar-refractivity contribution is 5.81. The van der Waals surface area contributed by atoms with Crippen molar-refractivity contribution >= 4 is 12.4 Å². The van der Waals surface area contributed by atoms with Crippen molar-refractivity contribution in [3.63, 3.8) is 0 Å². The molecule has 0 aromatic heterocycles. The van der Waals surface area contributed by atoms with E-state index in [1.54, 1.807) is 7.05 Å². The van der Waals surface area contributed by atoms with Gasteiger partial charge in [-0.2, -0.15) is 0 Å². The highest BCUT2D eigenvalue weighted by atomic mass is 16.6. The van der Waals surface area contributed by atoms with E-state index in [0.29, 0.717) is 6.54 Å². The zero-order valence-corrected chi connectivity index (χ0v) is 8.40. The second-order valence-corrected chi connectivity index (χ2v) is 4.07. The summed E-state index contributed by atoms with van der Waals surface area (Å²) in [4.78, 5) is 26.0. The largest absolute Gasteiger partial charge is 0.443 e. The number of aldehydes is 1. The van der Waals surface area contributed by atoms with Gasteiger partial charge in [-0.25, -0.2) is 4.79 Å². The van der Waals surface area contributed by atoms with Gasteiger partial charge in [-0.05, 0) is 7.05 Å². The summed E-state index contributed by atoms with van der Waals surface area (Å²) in [5.74, 6) is 0. The Labute approximate surface area is 82.6 Å². The van der Waals surface area contributed by atoms with Crippen LogP contribution in [0, 0.1) is 0 Å². The third-order valence-corrected chi connectivity index (χ3v) is 3.20. The fourth-order valence-electron chi connectivity index (χ4n) is 2.25. The molecule has 78 valence electrons. The second-order valence-electron chi connectivity index (χ2n) is 4.07. The molecule has 0 saturated carbocycles. The number of nitrogens with zero attached hydrogens (tertiary/aromatic N) is 2. The summed E-state index contributed by atoms with van der Waals surface area (Å²) >= 11 is 0. The highest BCUT2D eigenvalue weighted by Crippen LogP contribution is 2.33. The first kappa shape index (κ1) is 9.45. The summed E-state index contributed by atoms with van der Waals surface area (Å²) < 4.78 is 5.15. The van der Waals surface area contributed by atoms with Crippen molar-refractivity contribution in [1.82, 2.24) is 9.80 Å². The minimum absolute atomic E-state index is 0.270. The molecular weight excluding hydrogens is 184 g/mol. The molecule has 14 heavy (non-hydrogen) atoms. The van der Waals surface area contributed by atoms with Crippen molar-refractivity contribution in [3.8, 4) is 0 Å². The minimum atomic E-state index is -0.760. The van der Waals surface area contributed by atoms with Crippen LogP contribution in [0.1, 0.15) is 6.42 Å². The fourth-order valence-corrected chi connectivity index (χ4v) is 2.25. The van der Waals surface area contributed by atoms with E-state index in [4.69, 9.17) is 4.74 Å². The molecule has 0 radical (unpaired) electrons. The molecule has 1 amide bonds. The van der Waals surface area contributed by atoms with Crippen molar-refractivity contribution in [2.24, 2.45) is 0 Å². The number of amides is 1. The van der Waals surface area contributed by atoms with E-state index in [1.807, 2.05) is 11.9 Å². The van der Waals surface area contributed by atoms with Gasteiger partial charge in [-0.15, -0.1) is 0 Å². The Balaban J connectivity index is 2.33. The van der Waals surface area contributed by atoms with Crippen LogP contribution < -0.4 is 0 Å². The molecule has 0 aromatic carbocycles. The lowest BCUT2D eigenvalue weighted by Crippen LogP contribution is -2.61. The summed E-state index contributed by atoms with van der Waals surface area (Å²) in [5.41, 5.74) is -0.760. The first-order chi connectivity index (χ1) is 6.60. The summed E-state index contributed by atoms with van der Waals surface area (Å²) in [7, 11) is 3.56. The standard InChI is InChI=1S/C9H14N2O3/c1-10-4-3-7-9(5-10,6-12)11(2)8(13)14-7/h6-7H,3-5H2,1-2H3. The molecule has 2 aliphatic rings. The van der Waals surface area contributed by atoms with E-state index in [-0.39, 0.29) is 6.10 Å². The average molecular weight is 198 g/mol. The number of ether oxygens (including phenoxy) is 1. The summed E-state index contributed by atoms with van der Waals surface area (Å²) in [5, 5.41) is 0. The molecule has 2 atom stereocenters. The van der Waals surface area contributed by atoms with Crippen molar-refractivity contribution in [2.45, 2.75) is 18.1 Å². The second kappa shape index (κ2) is 2.95. The number of likely N-dealkylation sites (N-methyl/N-ethyl adjacent to an activating group) is 2. The summed E-state index contributed by atoms with van der Waals surface area (Å²) in [6.45, 7) is 1.42. The third kappa shape index (κ3) is 1.05. The molecule has 0 bridgehead atoms. The van der Waals surface area contributed by atoms with Gasteiger partial charge in [0.15, 0.2) is 11.8 Å². The summed E-state index contributed by atoms with van der Waals surface area (Å²) in [6.07, 6.45) is 0.912. The van der Waals surface area contributed by atoms with Crippen LogP contribution in [0.5, 0.6) is 0 Å². The van der Waals surface area contributed by atoms with E-state index in [9.17, 15) is 9.59 Å². The Morgan fingerprint density at radius 2 is 2.29 bits per heavy atom. The molecule has 2 saturated heterocycles. The van der Waals surface area contributed by atoms with E-state index >= 15 is 0 Å². The van der Waals surface area contributed by atoms with Crippen LogP contribution in [0.25, 0.3) is 0 Å². The highest BCUT2D eigenvalue weighted by Gasteiger charge is 2.55. The third-order valence-electron chi connectivity index (χ3n) is 3.20. The van der Waals surface area contributed by atoms with Crippen LogP contribution in [-0.4, -0.2) is 61.0 Å². The number of rotatable bonds is 1. The number of hydrogen-bond acceptors (Lipinski definition) is 4. The monoisotopic (exact) mass is 198 g/mol. The predicted octanol–water partition coefficient (Wildman–Crippen LogP) is -0.290. The number of carbonyl (C=O) groups excluding carboxylic acids is 2. The first-order valence-electron chi connectivity index (χ1n) is 4.69. The van der Waals surface area contributed by atoms with Gasteiger partial charge in [0.1, 0.15) is 6.10 Å². The Hall–Kier alpha value is -1.10. The molecule has 5 nitrogen and oxygen atoms in total. The van der Waals surface area contributed by atoms with Gasteiger partial charge in [-0.1, -0.05) is 0 Å². The maximum atomic E-state index is 11.3. The molecule has 2 unspecified atom stereocenters. The Morgan fingerprint density at radius 1 is 1.57 bits per heavy atom. The fraction of sp³-hybridized carbons (Fsp3) is 0.778. The minimum Gasteiger partial charge on any atom is -0.443 e. The maximum Gasteiger partial charge on any atom is 0.410 e. The van der Waals surface area contributed by atoms with Gasteiger partial charge in [0.05, 0.1) is 0 Å². The molecule has 2 rings (SSSR count). The molecule has 2 fully saturated rings. The van der Waals surface area contributed by atoms with Crippen molar-refractivity contribution in [2.75, 3.05) is 27.2 Å².